The van der Waals surface area contributed by atoms with Crippen LogP contribution in [0.15, 0.2) is 22.2 Å². The molecule has 0 radical (unpaired) electrons. The number of ether oxygens (including phenoxy) is 2. The maximum absolute atomic E-state index is 9.67. The van der Waals surface area contributed by atoms with Gasteiger partial charge in [0, 0.05) is 0 Å². The molecule has 3 nitrogen and oxygen atoms in total. The highest BCUT2D eigenvalue weighted by atomic mass is 79.9. The van der Waals surface area contributed by atoms with Crippen LogP contribution in [0.3, 0.4) is 0 Å². The van der Waals surface area contributed by atoms with E-state index in [-0.39, 0.29) is 13.4 Å². The highest BCUT2D eigenvalue weighted by molar-refractivity contribution is 9.10. The lowest BCUT2D eigenvalue weighted by molar-refractivity contribution is 0.173. The summed E-state index contributed by atoms with van der Waals surface area (Å²) in [5, 5.41) is 9.67. The quantitative estimate of drug-likeness (QED) is 0.900. The Morgan fingerprint density at radius 1 is 1.25 bits per heavy atom. The normalized spacial score (nSPS) is 19.4. The van der Waals surface area contributed by atoms with Gasteiger partial charge < -0.3 is 14.6 Å². The van der Waals surface area contributed by atoms with Crippen LogP contribution in [-0.2, 0) is 0 Å². The number of hydrogen-bond acceptors (Lipinski definition) is 3. The molecule has 0 saturated heterocycles. The molecule has 1 fully saturated rings. The first kappa shape index (κ1) is 14.0. The standard InChI is InChI=1S/C16H19BrO3/c17-14-7-11(8-15-16(14)20-10-19-15)6-13(9-18)12-4-2-1-3-5-12/h6-8,12,18H,1-5,9-10H2/b13-6-. The highest BCUT2D eigenvalue weighted by Crippen LogP contribution is 2.41. The lowest BCUT2D eigenvalue weighted by Gasteiger charge is -2.23. The van der Waals surface area contributed by atoms with Gasteiger partial charge in [-0.05, 0) is 58.0 Å². The fourth-order valence-corrected chi connectivity index (χ4v) is 3.62. The highest BCUT2D eigenvalue weighted by Gasteiger charge is 2.20. The molecule has 0 amide bonds. The lowest BCUT2D eigenvalue weighted by Crippen LogP contribution is -2.11. The Kier molecular flexibility index (Phi) is 4.32. The monoisotopic (exact) mass is 338 g/mol. The van der Waals surface area contributed by atoms with Gasteiger partial charge >= 0.3 is 0 Å². The maximum atomic E-state index is 9.67. The van der Waals surface area contributed by atoms with Crippen LogP contribution in [0.4, 0.5) is 0 Å². The molecule has 1 aromatic carbocycles. The second kappa shape index (κ2) is 6.19. The van der Waals surface area contributed by atoms with Crippen LogP contribution in [0.5, 0.6) is 11.5 Å². The maximum Gasteiger partial charge on any atom is 0.231 e. The average Bonchev–Trinajstić information content (AvgIpc) is 2.94. The molecule has 1 N–H and O–H groups in total. The van der Waals surface area contributed by atoms with E-state index in [1.165, 1.54) is 32.1 Å². The van der Waals surface area contributed by atoms with Crippen molar-refractivity contribution in [1.29, 1.82) is 0 Å². The molecule has 0 spiro atoms. The van der Waals surface area contributed by atoms with Crippen molar-refractivity contribution in [2.24, 2.45) is 5.92 Å². The van der Waals surface area contributed by atoms with E-state index in [1.54, 1.807) is 0 Å². The van der Waals surface area contributed by atoms with Crippen molar-refractivity contribution in [3.8, 4) is 11.5 Å². The third-order valence-corrected chi connectivity index (χ3v) is 4.70. The Morgan fingerprint density at radius 2 is 2.05 bits per heavy atom. The van der Waals surface area contributed by atoms with Crippen molar-refractivity contribution < 1.29 is 14.6 Å². The minimum Gasteiger partial charge on any atom is -0.454 e. The third-order valence-electron chi connectivity index (χ3n) is 4.11. The Labute approximate surface area is 127 Å². The summed E-state index contributed by atoms with van der Waals surface area (Å²) >= 11 is 3.51. The summed E-state index contributed by atoms with van der Waals surface area (Å²) in [5.74, 6) is 2.06. The van der Waals surface area contributed by atoms with Crippen LogP contribution in [0, 0.1) is 5.92 Å². The summed E-state index contributed by atoms with van der Waals surface area (Å²) in [6, 6.07) is 4.00. The van der Waals surface area contributed by atoms with Crippen molar-refractivity contribution >= 4 is 22.0 Å². The van der Waals surface area contributed by atoms with Gasteiger partial charge in [-0.15, -0.1) is 0 Å². The van der Waals surface area contributed by atoms with Crippen LogP contribution >= 0.6 is 15.9 Å². The fourth-order valence-electron chi connectivity index (χ4n) is 3.05. The summed E-state index contributed by atoms with van der Waals surface area (Å²) in [7, 11) is 0. The van der Waals surface area contributed by atoms with Crippen LogP contribution in [0.2, 0.25) is 0 Å². The van der Waals surface area contributed by atoms with E-state index in [1.807, 2.05) is 12.1 Å². The van der Waals surface area contributed by atoms with E-state index in [9.17, 15) is 5.11 Å². The second-order valence-corrected chi connectivity index (χ2v) is 6.30. The Bertz CT molecular complexity index is 519. The van der Waals surface area contributed by atoms with E-state index in [4.69, 9.17) is 9.47 Å². The molecule has 1 heterocycles. The molecule has 0 unspecified atom stereocenters. The zero-order valence-electron chi connectivity index (χ0n) is 11.4. The summed E-state index contributed by atoms with van der Waals surface area (Å²) < 4.78 is 11.7. The number of aliphatic hydroxyl groups is 1. The predicted molar refractivity (Wildman–Crippen MR) is 81.9 cm³/mol. The summed E-state index contributed by atoms with van der Waals surface area (Å²) in [4.78, 5) is 0. The molecule has 20 heavy (non-hydrogen) atoms. The molecule has 0 bridgehead atoms. The molecule has 3 rings (SSSR count). The van der Waals surface area contributed by atoms with Gasteiger partial charge in [0.2, 0.25) is 6.79 Å². The molecule has 1 aliphatic heterocycles. The van der Waals surface area contributed by atoms with Crippen LogP contribution < -0.4 is 9.47 Å². The van der Waals surface area contributed by atoms with Crippen molar-refractivity contribution in [1.82, 2.24) is 0 Å². The first-order valence-corrected chi connectivity index (χ1v) is 7.97. The molecule has 1 saturated carbocycles. The minimum absolute atomic E-state index is 0.136. The van der Waals surface area contributed by atoms with Gasteiger partial charge in [0.15, 0.2) is 11.5 Å². The first-order chi connectivity index (χ1) is 9.78. The van der Waals surface area contributed by atoms with Gasteiger partial charge in [-0.25, -0.2) is 0 Å². The second-order valence-electron chi connectivity index (χ2n) is 5.45. The van der Waals surface area contributed by atoms with E-state index in [0.717, 1.165) is 27.1 Å². The molecule has 1 aliphatic carbocycles. The third kappa shape index (κ3) is 2.86. The Morgan fingerprint density at radius 3 is 2.80 bits per heavy atom. The first-order valence-electron chi connectivity index (χ1n) is 7.18. The van der Waals surface area contributed by atoms with Crippen molar-refractivity contribution in [3.05, 3.63) is 27.7 Å². The number of fused-ring (bicyclic) bond motifs is 1. The number of benzene rings is 1. The summed E-state index contributed by atoms with van der Waals surface area (Å²) in [6.07, 6.45) is 8.35. The smallest absolute Gasteiger partial charge is 0.231 e. The van der Waals surface area contributed by atoms with Gasteiger partial charge in [-0.1, -0.05) is 25.3 Å². The minimum atomic E-state index is 0.136. The Balaban J connectivity index is 1.87. The molecule has 2 aliphatic rings. The van der Waals surface area contributed by atoms with E-state index in [2.05, 4.69) is 22.0 Å². The molecular formula is C16H19BrO3. The lowest BCUT2D eigenvalue weighted by atomic mass is 9.83. The van der Waals surface area contributed by atoms with Gasteiger partial charge in [-0.2, -0.15) is 0 Å². The average molecular weight is 339 g/mol. The number of aliphatic hydroxyl groups excluding tert-OH is 1. The summed E-state index contributed by atoms with van der Waals surface area (Å²) in [5.41, 5.74) is 2.19. The zero-order valence-corrected chi connectivity index (χ0v) is 13.0. The number of rotatable bonds is 3. The van der Waals surface area contributed by atoms with Crippen LogP contribution in [0.1, 0.15) is 37.7 Å². The van der Waals surface area contributed by atoms with Gasteiger partial charge in [-0.3, -0.25) is 0 Å². The molecule has 0 aromatic heterocycles. The topological polar surface area (TPSA) is 38.7 Å². The van der Waals surface area contributed by atoms with E-state index < -0.39 is 0 Å². The van der Waals surface area contributed by atoms with Gasteiger partial charge in [0.05, 0.1) is 11.1 Å². The predicted octanol–water partition coefficient (Wildman–Crippen LogP) is 4.13. The van der Waals surface area contributed by atoms with Gasteiger partial charge in [0.25, 0.3) is 0 Å². The van der Waals surface area contributed by atoms with E-state index >= 15 is 0 Å². The molecule has 4 heteroatoms. The molecule has 0 atom stereocenters. The van der Waals surface area contributed by atoms with E-state index in [0.29, 0.717) is 5.92 Å². The van der Waals surface area contributed by atoms with Gasteiger partial charge in [0.1, 0.15) is 0 Å². The zero-order chi connectivity index (χ0) is 13.9. The molecule has 1 aromatic rings. The largest absolute Gasteiger partial charge is 0.454 e. The van der Waals surface area contributed by atoms with Crippen molar-refractivity contribution in [3.63, 3.8) is 0 Å². The fraction of sp³-hybridized carbons (Fsp3) is 0.500. The van der Waals surface area contributed by atoms with Crippen molar-refractivity contribution in [2.45, 2.75) is 32.1 Å². The molecule has 108 valence electrons. The van der Waals surface area contributed by atoms with Crippen LogP contribution in [-0.4, -0.2) is 18.5 Å². The number of halogens is 1. The SMILES string of the molecule is OC/C(=C/c1cc(Br)c2c(c1)OCO2)C1CCCCC1. The number of hydrogen-bond donors (Lipinski definition) is 1. The molecular weight excluding hydrogens is 320 g/mol. The Hall–Kier alpha value is -1.00. The van der Waals surface area contributed by atoms with Crippen molar-refractivity contribution in [2.75, 3.05) is 13.4 Å². The summed E-state index contributed by atoms with van der Waals surface area (Å²) in [6.45, 7) is 0.410. The van der Waals surface area contributed by atoms with Crippen LogP contribution in [0.25, 0.3) is 6.08 Å².